The molecular weight excluding hydrogens is 231 g/mol. The summed E-state index contributed by atoms with van der Waals surface area (Å²) in [5.74, 6) is -0.389. The predicted octanol–water partition coefficient (Wildman–Crippen LogP) is 2.04. The molecule has 2 N–H and O–H groups in total. The number of hydrogen-bond donors (Lipinski definition) is 2. The van der Waals surface area contributed by atoms with Gasteiger partial charge in [0.2, 0.25) is 5.91 Å². The van der Waals surface area contributed by atoms with Gasteiger partial charge in [0.1, 0.15) is 5.82 Å². The van der Waals surface area contributed by atoms with E-state index < -0.39 is 0 Å². The average Bonchev–Trinajstić information content (AvgIpc) is 2.35. The van der Waals surface area contributed by atoms with Gasteiger partial charge in [-0.05, 0) is 24.1 Å². The molecule has 1 unspecified atom stereocenters. The lowest BCUT2D eigenvalue weighted by atomic mass is 9.97. The van der Waals surface area contributed by atoms with Crippen LogP contribution in [0.4, 0.5) is 4.39 Å². The SMILES string of the molecule is CCNCCNC(=O)CC(C)c1ccccc1F. The molecule has 0 aliphatic rings. The van der Waals surface area contributed by atoms with Crippen LogP contribution >= 0.6 is 0 Å². The van der Waals surface area contributed by atoms with Gasteiger partial charge >= 0.3 is 0 Å². The van der Waals surface area contributed by atoms with Crippen LogP contribution in [0.25, 0.3) is 0 Å². The van der Waals surface area contributed by atoms with Crippen LogP contribution in [0.3, 0.4) is 0 Å². The highest BCUT2D eigenvalue weighted by Crippen LogP contribution is 2.21. The zero-order chi connectivity index (χ0) is 13.4. The van der Waals surface area contributed by atoms with Gasteiger partial charge in [0.15, 0.2) is 0 Å². The molecule has 0 radical (unpaired) electrons. The molecule has 1 amide bonds. The van der Waals surface area contributed by atoms with Gasteiger partial charge in [-0.2, -0.15) is 0 Å². The lowest BCUT2D eigenvalue weighted by Gasteiger charge is -2.12. The third kappa shape index (κ3) is 4.84. The first-order valence-corrected chi connectivity index (χ1v) is 6.37. The standard InChI is InChI=1S/C14H21FN2O/c1-3-16-8-9-17-14(18)10-11(2)12-6-4-5-7-13(12)15/h4-7,11,16H,3,8-10H2,1-2H3,(H,17,18). The van der Waals surface area contributed by atoms with Crippen LogP contribution in [0.15, 0.2) is 24.3 Å². The molecule has 0 heterocycles. The monoisotopic (exact) mass is 252 g/mol. The lowest BCUT2D eigenvalue weighted by Crippen LogP contribution is -2.32. The molecule has 0 spiro atoms. The number of rotatable bonds is 7. The number of carbonyl (C=O) groups is 1. The summed E-state index contributed by atoms with van der Waals surface area (Å²) in [5, 5.41) is 5.94. The van der Waals surface area contributed by atoms with Gasteiger partial charge in [0, 0.05) is 19.5 Å². The van der Waals surface area contributed by atoms with E-state index in [1.165, 1.54) is 6.07 Å². The van der Waals surface area contributed by atoms with Crippen molar-refractivity contribution < 1.29 is 9.18 Å². The summed E-state index contributed by atoms with van der Waals surface area (Å²) in [6.07, 6.45) is 0.313. The molecule has 0 aliphatic carbocycles. The highest BCUT2D eigenvalue weighted by Gasteiger charge is 2.13. The van der Waals surface area contributed by atoms with E-state index in [9.17, 15) is 9.18 Å². The Morgan fingerprint density at radius 1 is 1.33 bits per heavy atom. The maximum atomic E-state index is 13.5. The van der Waals surface area contributed by atoms with Gasteiger partial charge in [0.25, 0.3) is 0 Å². The van der Waals surface area contributed by atoms with E-state index in [1.807, 2.05) is 13.8 Å². The van der Waals surface area contributed by atoms with Crippen molar-refractivity contribution in [2.75, 3.05) is 19.6 Å². The summed E-state index contributed by atoms with van der Waals surface area (Å²) in [5.41, 5.74) is 0.597. The van der Waals surface area contributed by atoms with Gasteiger partial charge in [-0.15, -0.1) is 0 Å². The molecule has 100 valence electrons. The maximum absolute atomic E-state index is 13.5. The van der Waals surface area contributed by atoms with Crippen LogP contribution in [-0.4, -0.2) is 25.5 Å². The summed E-state index contributed by atoms with van der Waals surface area (Å²) >= 11 is 0. The Hall–Kier alpha value is -1.42. The third-order valence-electron chi connectivity index (χ3n) is 2.80. The molecule has 0 bridgehead atoms. The lowest BCUT2D eigenvalue weighted by molar-refractivity contribution is -0.121. The number of hydrogen-bond acceptors (Lipinski definition) is 2. The van der Waals surface area contributed by atoms with Crippen LogP contribution in [0.1, 0.15) is 31.7 Å². The highest BCUT2D eigenvalue weighted by atomic mass is 19.1. The van der Waals surface area contributed by atoms with Gasteiger partial charge in [-0.3, -0.25) is 4.79 Å². The first-order chi connectivity index (χ1) is 8.65. The Labute approximate surface area is 108 Å². The Kier molecular flexibility index (Phi) is 6.36. The Bertz CT molecular complexity index is 382. The van der Waals surface area contributed by atoms with Gasteiger partial charge in [-0.1, -0.05) is 32.0 Å². The maximum Gasteiger partial charge on any atom is 0.220 e. The number of nitrogens with one attached hydrogen (secondary N) is 2. The van der Waals surface area contributed by atoms with Crippen LogP contribution in [0.5, 0.6) is 0 Å². The topological polar surface area (TPSA) is 41.1 Å². The quantitative estimate of drug-likeness (QED) is 0.729. The molecule has 1 aromatic rings. The Morgan fingerprint density at radius 3 is 2.72 bits per heavy atom. The molecular formula is C14H21FN2O. The van der Waals surface area contributed by atoms with Crippen molar-refractivity contribution in [1.29, 1.82) is 0 Å². The van der Waals surface area contributed by atoms with Crippen LogP contribution < -0.4 is 10.6 Å². The Morgan fingerprint density at radius 2 is 2.06 bits per heavy atom. The normalized spacial score (nSPS) is 12.2. The smallest absolute Gasteiger partial charge is 0.220 e. The second kappa shape index (κ2) is 7.82. The number of carbonyl (C=O) groups excluding carboxylic acids is 1. The van der Waals surface area contributed by atoms with Crippen LogP contribution in [0.2, 0.25) is 0 Å². The van der Waals surface area contributed by atoms with Gasteiger partial charge in [0.05, 0.1) is 0 Å². The van der Waals surface area contributed by atoms with E-state index in [1.54, 1.807) is 18.2 Å². The largest absolute Gasteiger partial charge is 0.355 e. The van der Waals surface area contributed by atoms with E-state index in [2.05, 4.69) is 10.6 Å². The minimum atomic E-state index is -0.245. The van der Waals surface area contributed by atoms with Crippen molar-refractivity contribution in [2.45, 2.75) is 26.2 Å². The fraction of sp³-hybridized carbons (Fsp3) is 0.500. The summed E-state index contributed by atoms with van der Waals surface area (Å²) in [7, 11) is 0. The number of halogens is 1. The van der Waals surface area contributed by atoms with Crippen molar-refractivity contribution in [3.8, 4) is 0 Å². The summed E-state index contributed by atoms with van der Waals surface area (Å²) < 4.78 is 13.5. The Balaban J connectivity index is 2.38. The first-order valence-electron chi connectivity index (χ1n) is 6.37. The van der Waals surface area contributed by atoms with Crippen LogP contribution in [0, 0.1) is 5.82 Å². The van der Waals surface area contributed by atoms with E-state index in [-0.39, 0.29) is 17.6 Å². The molecule has 0 aliphatic heterocycles. The molecule has 18 heavy (non-hydrogen) atoms. The van der Waals surface area contributed by atoms with Gasteiger partial charge in [-0.25, -0.2) is 4.39 Å². The minimum Gasteiger partial charge on any atom is -0.355 e. The second-order valence-corrected chi connectivity index (χ2v) is 4.33. The highest BCUT2D eigenvalue weighted by molar-refractivity contribution is 5.76. The number of benzene rings is 1. The van der Waals surface area contributed by atoms with E-state index >= 15 is 0 Å². The molecule has 3 nitrogen and oxygen atoms in total. The van der Waals surface area contributed by atoms with E-state index in [4.69, 9.17) is 0 Å². The molecule has 1 rings (SSSR count). The third-order valence-corrected chi connectivity index (χ3v) is 2.80. The van der Waals surface area contributed by atoms with Crippen molar-refractivity contribution in [2.24, 2.45) is 0 Å². The summed E-state index contributed by atoms with van der Waals surface area (Å²) in [6, 6.07) is 6.60. The number of likely N-dealkylation sites (N-methyl/N-ethyl adjacent to an activating group) is 1. The fourth-order valence-electron chi connectivity index (χ4n) is 1.80. The van der Waals surface area contributed by atoms with Crippen molar-refractivity contribution in [3.63, 3.8) is 0 Å². The molecule has 0 saturated carbocycles. The molecule has 0 aromatic heterocycles. The van der Waals surface area contributed by atoms with Crippen molar-refractivity contribution in [3.05, 3.63) is 35.6 Å². The van der Waals surface area contributed by atoms with Crippen molar-refractivity contribution >= 4 is 5.91 Å². The van der Waals surface area contributed by atoms with Crippen molar-refractivity contribution in [1.82, 2.24) is 10.6 Å². The minimum absolute atomic E-state index is 0.0383. The zero-order valence-corrected chi connectivity index (χ0v) is 11.0. The fourth-order valence-corrected chi connectivity index (χ4v) is 1.80. The van der Waals surface area contributed by atoms with E-state index in [0.717, 1.165) is 13.1 Å². The molecule has 1 atom stereocenters. The van der Waals surface area contributed by atoms with E-state index in [0.29, 0.717) is 18.5 Å². The second-order valence-electron chi connectivity index (χ2n) is 4.33. The molecule has 0 fully saturated rings. The molecule has 4 heteroatoms. The number of amides is 1. The van der Waals surface area contributed by atoms with Gasteiger partial charge < -0.3 is 10.6 Å². The zero-order valence-electron chi connectivity index (χ0n) is 11.0. The van der Waals surface area contributed by atoms with Crippen LogP contribution in [-0.2, 0) is 4.79 Å². The predicted molar refractivity (Wildman–Crippen MR) is 71.0 cm³/mol. The first kappa shape index (κ1) is 14.6. The summed E-state index contributed by atoms with van der Waals surface area (Å²) in [6.45, 7) is 6.14. The molecule has 0 saturated heterocycles. The summed E-state index contributed by atoms with van der Waals surface area (Å²) in [4.78, 5) is 11.6. The average molecular weight is 252 g/mol. The molecule has 1 aromatic carbocycles.